The van der Waals surface area contributed by atoms with Gasteiger partial charge in [0.15, 0.2) is 6.10 Å². The SMILES string of the molecule is CC/C=C\C/C=C\C/C=C\C/C=C\C/C=C\CCCCCC(=O)OC(COC(=O)CCCCCCC/C=C\C/C=C\C/C=C\CC)COC(=O)CCCCCCCCCCCCCCCCCCCC/C=C\C/C=C\C/C=C\C/C=C\CC. The van der Waals surface area contributed by atoms with Crippen LogP contribution in [-0.2, 0) is 28.6 Å². The summed E-state index contributed by atoms with van der Waals surface area (Å²) in [6, 6.07) is 0. The van der Waals surface area contributed by atoms with Crippen molar-refractivity contribution in [3.8, 4) is 0 Å². The first-order valence-electron chi connectivity index (χ1n) is 34.3. The zero-order valence-corrected chi connectivity index (χ0v) is 53.9. The predicted molar refractivity (Wildman–Crippen MR) is 362 cm³/mol. The van der Waals surface area contributed by atoms with Crippen molar-refractivity contribution in [2.75, 3.05) is 13.2 Å². The van der Waals surface area contributed by atoms with E-state index in [2.05, 4.69) is 167 Å². The number of carbonyl (C=O) groups is 3. The summed E-state index contributed by atoms with van der Waals surface area (Å²) in [4.78, 5) is 38.4. The molecule has 0 spiro atoms. The Kier molecular flexibility index (Phi) is 65.8. The molecule has 1 unspecified atom stereocenters. The van der Waals surface area contributed by atoms with Gasteiger partial charge in [-0.05, 0) is 135 Å². The Labute approximate surface area is 512 Å². The summed E-state index contributed by atoms with van der Waals surface area (Å²) >= 11 is 0. The van der Waals surface area contributed by atoms with Crippen molar-refractivity contribution in [1.82, 2.24) is 0 Å². The van der Waals surface area contributed by atoms with E-state index in [1.807, 2.05) is 0 Å². The Morgan fingerprint density at radius 3 is 0.687 bits per heavy atom. The predicted octanol–water partition coefficient (Wildman–Crippen LogP) is 23.9. The summed E-state index contributed by atoms with van der Waals surface area (Å²) in [5.74, 6) is -0.944. The first-order valence-corrected chi connectivity index (χ1v) is 34.3. The monoisotopic (exact) mass is 1150 g/mol. The van der Waals surface area contributed by atoms with Gasteiger partial charge >= 0.3 is 17.9 Å². The number of rotatable bonds is 61. The van der Waals surface area contributed by atoms with Gasteiger partial charge in [0.2, 0.25) is 0 Å². The fourth-order valence-corrected chi connectivity index (χ4v) is 9.30. The minimum absolute atomic E-state index is 0.0996. The molecule has 0 saturated heterocycles. The minimum Gasteiger partial charge on any atom is -0.462 e. The molecule has 0 N–H and O–H groups in total. The zero-order valence-electron chi connectivity index (χ0n) is 53.9. The van der Waals surface area contributed by atoms with E-state index in [4.69, 9.17) is 14.2 Å². The zero-order chi connectivity index (χ0) is 59.9. The van der Waals surface area contributed by atoms with Crippen LogP contribution in [0, 0.1) is 0 Å². The standard InChI is InChI=1S/C77H126O6/c1-4-7-10-13-16-19-22-25-28-30-32-33-34-35-36-37-38-39-40-41-42-43-45-46-49-52-55-58-61-64-67-70-76(79)82-73-74(72-81-75(78)69-66-63-60-57-54-51-48-27-24-21-18-15-12-9-6-3)83-77(80)71-68-65-62-59-56-53-50-47-44-31-29-26-23-20-17-14-11-8-5-2/h7-12,16-21,25-29,32-33,44,47-48,53,56,74H,4-6,13-15,22-24,30-31,34-43,45-46,49-52,54-55,57-73H2,1-3H3/b10-7-,11-8-,12-9-,19-16-,20-17-,21-18-,28-25-,29-26-,33-32-,47-44-,48-27-,56-53-. The van der Waals surface area contributed by atoms with Gasteiger partial charge in [0.1, 0.15) is 13.2 Å². The van der Waals surface area contributed by atoms with Crippen molar-refractivity contribution in [3.63, 3.8) is 0 Å². The number of esters is 3. The fourth-order valence-electron chi connectivity index (χ4n) is 9.30. The topological polar surface area (TPSA) is 78.9 Å². The third-order valence-electron chi connectivity index (χ3n) is 14.3. The smallest absolute Gasteiger partial charge is 0.306 e. The van der Waals surface area contributed by atoms with Gasteiger partial charge in [0.05, 0.1) is 0 Å². The second-order valence-corrected chi connectivity index (χ2v) is 22.3. The van der Waals surface area contributed by atoms with Crippen LogP contribution in [0.3, 0.4) is 0 Å². The van der Waals surface area contributed by atoms with Crippen LogP contribution in [0.15, 0.2) is 146 Å². The maximum absolute atomic E-state index is 12.9. The van der Waals surface area contributed by atoms with E-state index in [9.17, 15) is 14.4 Å². The first-order chi connectivity index (χ1) is 41.0. The Morgan fingerprint density at radius 2 is 0.434 bits per heavy atom. The van der Waals surface area contributed by atoms with Crippen LogP contribution in [0.5, 0.6) is 0 Å². The second kappa shape index (κ2) is 69.8. The van der Waals surface area contributed by atoms with Crippen molar-refractivity contribution in [1.29, 1.82) is 0 Å². The number of hydrogen-bond donors (Lipinski definition) is 0. The van der Waals surface area contributed by atoms with Crippen LogP contribution in [0.4, 0.5) is 0 Å². The molecule has 0 bridgehead atoms. The molecule has 0 aliphatic rings. The van der Waals surface area contributed by atoms with E-state index in [0.29, 0.717) is 12.8 Å². The summed E-state index contributed by atoms with van der Waals surface area (Å²) in [7, 11) is 0. The van der Waals surface area contributed by atoms with Gasteiger partial charge in [0, 0.05) is 19.3 Å². The lowest BCUT2D eigenvalue weighted by Crippen LogP contribution is -2.30. The van der Waals surface area contributed by atoms with Gasteiger partial charge in [-0.3, -0.25) is 14.4 Å². The van der Waals surface area contributed by atoms with Crippen LogP contribution in [0.25, 0.3) is 0 Å². The molecule has 0 aromatic carbocycles. The molecule has 6 nitrogen and oxygen atoms in total. The lowest BCUT2D eigenvalue weighted by atomic mass is 10.0. The van der Waals surface area contributed by atoms with E-state index >= 15 is 0 Å². The largest absolute Gasteiger partial charge is 0.462 e. The highest BCUT2D eigenvalue weighted by molar-refractivity contribution is 5.71. The molecule has 1 atom stereocenters. The van der Waals surface area contributed by atoms with E-state index in [1.54, 1.807) is 0 Å². The van der Waals surface area contributed by atoms with Crippen LogP contribution in [0.1, 0.15) is 303 Å². The van der Waals surface area contributed by atoms with Crippen molar-refractivity contribution >= 4 is 17.9 Å². The van der Waals surface area contributed by atoms with Crippen LogP contribution < -0.4 is 0 Å². The molecule has 470 valence electrons. The van der Waals surface area contributed by atoms with Crippen molar-refractivity contribution in [2.24, 2.45) is 0 Å². The Bertz CT molecular complexity index is 1800. The lowest BCUT2D eigenvalue weighted by molar-refractivity contribution is -0.167. The molecular weight excluding hydrogens is 1020 g/mol. The minimum atomic E-state index is -0.809. The van der Waals surface area contributed by atoms with Crippen LogP contribution in [0.2, 0.25) is 0 Å². The number of carbonyl (C=O) groups excluding carboxylic acids is 3. The number of allylic oxidation sites excluding steroid dienone is 24. The first kappa shape index (κ1) is 78.3. The van der Waals surface area contributed by atoms with E-state index in [1.165, 1.54) is 103 Å². The summed E-state index contributed by atoms with van der Waals surface area (Å²) in [6.07, 6.45) is 100. The summed E-state index contributed by atoms with van der Waals surface area (Å²) < 4.78 is 16.9. The highest BCUT2D eigenvalue weighted by atomic mass is 16.6. The number of hydrogen-bond acceptors (Lipinski definition) is 6. The van der Waals surface area contributed by atoms with Crippen molar-refractivity contribution < 1.29 is 28.6 Å². The van der Waals surface area contributed by atoms with Gasteiger partial charge in [0.25, 0.3) is 0 Å². The lowest BCUT2D eigenvalue weighted by Gasteiger charge is -2.18. The molecule has 0 aromatic rings. The third-order valence-corrected chi connectivity index (χ3v) is 14.3. The van der Waals surface area contributed by atoms with Gasteiger partial charge in [-0.2, -0.15) is 0 Å². The molecule has 0 amide bonds. The van der Waals surface area contributed by atoms with E-state index < -0.39 is 6.10 Å². The highest BCUT2D eigenvalue weighted by Gasteiger charge is 2.19. The quantitative estimate of drug-likeness (QED) is 0.0261. The van der Waals surface area contributed by atoms with E-state index in [-0.39, 0.29) is 37.5 Å². The molecule has 0 rings (SSSR count). The molecule has 0 saturated carbocycles. The second-order valence-electron chi connectivity index (χ2n) is 22.3. The molecule has 0 aliphatic carbocycles. The summed E-state index contributed by atoms with van der Waals surface area (Å²) in [5, 5.41) is 0. The van der Waals surface area contributed by atoms with Crippen molar-refractivity contribution in [2.45, 2.75) is 309 Å². The molecule has 0 aromatic heterocycles. The van der Waals surface area contributed by atoms with E-state index in [0.717, 1.165) is 161 Å². The van der Waals surface area contributed by atoms with Crippen molar-refractivity contribution in [3.05, 3.63) is 146 Å². The Balaban J connectivity index is 4.31. The third kappa shape index (κ3) is 68.0. The maximum atomic E-state index is 12.9. The van der Waals surface area contributed by atoms with Gasteiger partial charge in [-0.1, -0.05) is 295 Å². The number of ether oxygens (including phenoxy) is 3. The normalized spacial score (nSPS) is 13.0. The van der Waals surface area contributed by atoms with Gasteiger partial charge in [-0.15, -0.1) is 0 Å². The average Bonchev–Trinajstić information content (AvgIpc) is 3.49. The van der Waals surface area contributed by atoms with Crippen LogP contribution >= 0.6 is 0 Å². The highest BCUT2D eigenvalue weighted by Crippen LogP contribution is 2.17. The molecule has 0 heterocycles. The summed E-state index contributed by atoms with van der Waals surface area (Å²) in [6.45, 7) is 6.28. The fraction of sp³-hybridized carbons (Fsp3) is 0.649. The maximum Gasteiger partial charge on any atom is 0.306 e. The molecule has 83 heavy (non-hydrogen) atoms. The molecule has 0 aliphatic heterocycles. The molecular formula is C77H126O6. The van der Waals surface area contributed by atoms with Crippen LogP contribution in [-0.4, -0.2) is 37.2 Å². The molecule has 6 heteroatoms. The Morgan fingerprint density at radius 1 is 0.241 bits per heavy atom. The van der Waals surface area contributed by atoms with Gasteiger partial charge in [-0.25, -0.2) is 0 Å². The molecule has 0 radical (unpaired) electrons. The summed E-state index contributed by atoms with van der Waals surface area (Å²) in [5.41, 5.74) is 0. The molecule has 0 fully saturated rings. The average molecular weight is 1150 g/mol. The number of unbranched alkanes of at least 4 members (excludes halogenated alkanes) is 26. The van der Waals surface area contributed by atoms with Gasteiger partial charge < -0.3 is 14.2 Å². The Hall–Kier alpha value is -4.71.